The molecule has 112 valence electrons. The van der Waals surface area contributed by atoms with Crippen LogP contribution in [0.15, 0.2) is 24.3 Å². The first-order valence-corrected chi connectivity index (χ1v) is 8.13. The summed E-state index contributed by atoms with van der Waals surface area (Å²) in [4.78, 5) is 14.7. The molecule has 0 spiro atoms. The third kappa shape index (κ3) is 3.88. The van der Waals surface area contributed by atoms with Crippen LogP contribution in [-0.4, -0.2) is 11.9 Å². The molecule has 1 aliphatic heterocycles. The van der Waals surface area contributed by atoms with Crippen molar-refractivity contribution in [1.29, 1.82) is 0 Å². The summed E-state index contributed by atoms with van der Waals surface area (Å²) < 4.78 is 0. The van der Waals surface area contributed by atoms with Gasteiger partial charge in [-0.15, -0.1) is 11.8 Å². The molecule has 1 aliphatic rings. The quantitative estimate of drug-likeness (QED) is 0.753. The highest BCUT2D eigenvalue weighted by Crippen LogP contribution is 2.32. The second-order valence-electron chi connectivity index (χ2n) is 5.60. The molecule has 0 N–H and O–H groups in total. The number of hydrogen-bond acceptors (Lipinski definition) is 1. The second kappa shape index (κ2) is 7.88. The number of carbonyl (C=O) groups excluding carboxylic acids is 1. The molecule has 0 bridgehead atoms. The zero-order chi connectivity index (χ0) is 15.1. The molecule has 0 unspecified atom stereocenters. The predicted molar refractivity (Wildman–Crippen MR) is 88.2 cm³/mol. The van der Waals surface area contributed by atoms with Gasteiger partial charge < -0.3 is 4.90 Å². The first-order chi connectivity index (χ1) is 10.3. The molecular weight excluding hydrogens is 258 g/mol. The summed E-state index contributed by atoms with van der Waals surface area (Å²) in [5, 5.41) is 0. The third-order valence-electron chi connectivity index (χ3n) is 4.02. The lowest BCUT2D eigenvalue weighted by Crippen LogP contribution is -2.43. The van der Waals surface area contributed by atoms with Crippen LogP contribution >= 0.6 is 0 Å². The van der Waals surface area contributed by atoms with Gasteiger partial charge in [0.2, 0.25) is 5.91 Å². The summed E-state index contributed by atoms with van der Waals surface area (Å²) in [6, 6.07) is 8.55. The van der Waals surface area contributed by atoms with Crippen LogP contribution in [0.4, 0.5) is 5.69 Å². The summed E-state index contributed by atoms with van der Waals surface area (Å²) in [5.41, 5.74) is 2.40. The van der Waals surface area contributed by atoms with E-state index in [-0.39, 0.29) is 11.9 Å². The average Bonchev–Trinajstić information content (AvgIpc) is 2.52. The van der Waals surface area contributed by atoms with Gasteiger partial charge in [0.1, 0.15) is 0 Å². The van der Waals surface area contributed by atoms with Crippen molar-refractivity contribution in [2.75, 3.05) is 4.90 Å². The predicted octanol–water partition coefficient (Wildman–Crippen LogP) is 4.33. The number of unbranched alkanes of at least 4 members (excludes halogenated alkanes) is 1. The van der Waals surface area contributed by atoms with Gasteiger partial charge in [0.25, 0.3) is 0 Å². The standard InChI is InChI=1S/C19H25NO/c1-3-5-7-11-17-15-14-16-10-8-9-12-18(16)20(17)19(21)13-6-4-2/h8-10,12,17H,3-4,6,11,13-15H2,1-2H3/t17-/m0/s1. The highest BCUT2D eigenvalue weighted by atomic mass is 16.2. The van der Waals surface area contributed by atoms with Crippen molar-refractivity contribution in [2.24, 2.45) is 0 Å². The summed E-state index contributed by atoms with van der Waals surface area (Å²) >= 11 is 0. The minimum atomic E-state index is 0.239. The van der Waals surface area contributed by atoms with Gasteiger partial charge in [0, 0.05) is 31.0 Å². The molecule has 0 saturated carbocycles. The Bertz CT molecular complexity index is 538. The van der Waals surface area contributed by atoms with E-state index in [1.54, 1.807) is 0 Å². The molecule has 0 fully saturated rings. The van der Waals surface area contributed by atoms with Crippen LogP contribution in [0.2, 0.25) is 0 Å². The molecule has 1 aromatic rings. The average molecular weight is 283 g/mol. The van der Waals surface area contributed by atoms with Crippen LogP contribution in [0.5, 0.6) is 0 Å². The zero-order valence-electron chi connectivity index (χ0n) is 13.2. The second-order valence-corrected chi connectivity index (χ2v) is 5.60. The fourth-order valence-corrected chi connectivity index (χ4v) is 2.90. The lowest BCUT2D eigenvalue weighted by Gasteiger charge is -2.36. The van der Waals surface area contributed by atoms with Gasteiger partial charge in [-0.25, -0.2) is 0 Å². The zero-order valence-corrected chi connectivity index (χ0v) is 13.2. The van der Waals surface area contributed by atoms with E-state index >= 15 is 0 Å². The minimum absolute atomic E-state index is 0.239. The van der Waals surface area contributed by atoms with E-state index < -0.39 is 0 Å². The minimum Gasteiger partial charge on any atom is -0.308 e. The first-order valence-electron chi connectivity index (χ1n) is 8.13. The Morgan fingerprint density at radius 3 is 2.86 bits per heavy atom. The lowest BCUT2D eigenvalue weighted by molar-refractivity contribution is -0.119. The molecular formula is C19H25NO. The Labute approximate surface area is 128 Å². The molecule has 21 heavy (non-hydrogen) atoms. The summed E-state index contributed by atoms with van der Waals surface area (Å²) in [6.07, 6.45) is 6.40. The number of benzene rings is 1. The third-order valence-corrected chi connectivity index (χ3v) is 4.02. The summed E-state index contributed by atoms with van der Waals surface area (Å²) in [6.45, 7) is 4.19. The van der Waals surface area contributed by atoms with Gasteiger partial charge in [0.05, 0.1) is 0 Å². The molecule has 2 nitrogen and oxygen atoms in total. The number of hydrogen-bond donors (Lipinski definition) is 0. The molecule has 1 heterocycles. The van der Waals surface area contributed by atoms with Crippen molar-refractivity contribution in [1.82, 2.24) is 0 Å². The van der Waals surface area contributed by atoms with Crippen molar-refractivity contribution in [3.05, 3.63) is 29.8 Å². The highest BCUT2D eigenvalue weighted by molar-refractivity contribution is 5.95. The van der Waals surface area contributed by atoms with E-state index in [1.165, 1.54) is 5.56 Å². The molecule has 1 amide bonds. The molecule has 2 rings (SSSR count). The van der Waals surface area contributed by atoms with Gasteiger partial charge in [-0.2, -0.15) is 0 Å². The molecule has 0 aromatic heterocycles. The van der Waals surface area contributed by atoms with E-state index in [4.69, 9.17) is 0 Å². The van der Waals surface area contributed by atoms with Crippen LogP contribution in [0.1, 0.15) is 57.9 Å². The topological polar surface area (TPSA) is 20.3 Å². The van der Waals surface area contributed by atoms with E-state index in [2.05, 4.69) is 43.9 Å². The maximum absolute atomic E-state index is 12.6. The molecule has 1 atom stereocenters. The SMILES string of the molecule is CCC#CC[C@H]1CCc2ccccc2N1C(=O)CCCC. The first kappa shape index (κ1) is 15.6. The van der Waals surface area contributed by atoms with Crippen molar-refractivity contribution < 1.29 is 4.79 Å². The van der Waals surface area contributed by atoms with Crippen molar-refractivity contribution in [3.8, 4) is 11.8 Å². The van der Waals surface area contributed by atoms with Crippen LogP contribution in [-0.2, 0) is 11.2 Å². The molecule has 0 saturated heterocycles. The number of rotatable bonds is 4. The number of fused-ring (bicyclic) bond motifs is 1. The molecule has 0 radical (unpaired) electrons. The van der Waals surface area contributed by atoms with Gasteiger partial charge in [-0.1, -0.05) is 38.5 Å². The Balaban J connectivity index is 2.23. The van der Waals surface area contributed by atoms with Gasteiger partial charge >= 0.3 is 0 Å². The van der Waals surface area contributed by atoms with Gasteiger partial charge in [-0.05, 0) is 30.9 Å². The maximum Gasteiger partial charge on any atom is 0.227 e. The molecule has 0 aliphatic carbocycles. The van der Waals surface area contributed by atoms with Crippen LogP contribution in [0, 0.1) is 11.8 Å². The normalized spacial score (nSPS) is 16.9. The van der Waals surface area contributed by atoms with E-state index in [1.807, 2.05) is 11.0 Å². The largest absolute Gasteiger partial charge is 0.308 e. The van der Waals surface area contributed by atoms with Crippen LogP contribution < -0.4 is 4.90 Å². The number of para-hydroxylation sites is 1. The monoisotopic (exact) mass is 283 g/mol. The fraction of sp³-hybridized carbons (Fsp3) is 0.526. The number of anilines is 1. The Morgan fingerprint density at radius 2 is 2.10 bits per heavy atom. The number of amides is 1. The van der Waals surface area contributed by atoms with Crippen molar-refractivity contribution >= 4 is 11.6 Å². The van der Waals surface area contributed by atoms with Gasteiger partial charge in [0.15, 0.2) is 0 Å². The molecule has 1 aromatic carbocycles. The maximum atomic E-state index is 12.6. The molecule has 2 heteroatoms. The Morgan fingerprint density at radius 1 is 1.29 bits per heavy atom. The van der Waals surface area contributed by atoms with E-state index in [0.29, 0.717) is 6.42 Å². The lowest BCUT2D eigenvalue weighted by atomic mass is 9.93. The Kier molecular flexibility index (Phi) is 5.87. The van der Waals surface area contributed by atoms with Crippen LogP contribution in [0.3, 0.4) is 0 Å². The number of carbonyl (C=O) groups is 1. The van der Waals surface area contributed by atoms with Crippen LogP contribution in [0.25, 0.3) is 0 Å². The smallest absolute Gasteiger partial charge is 0.227 e. The Hall–Kier alpha value is -1.75. The fourth-order valence-electron chi connectivity index (χ4n) is 2.90. The highest BCUT2D eigenvalue weighted by Gasteiger charge is 2.29. The van der Waals surface area contributed by atoms with E-state index in [0.717, 1.165) is 44.2 Å². The number of aryl methyl sites for hydroxylation is 1. The van der Waals surface area contributed by atoms with Crippen molar-refractivity contribution in [2.45, 2.75) is 64.8 Å². The summed E-state index contributed by atoms with van der Waals surface area (Å²) in [7, 11) is 0. The van der Waals surface area contributed by atoms with Gasteiger partial charge in [-0.3, -0.25) is 4.79 Å². The van der Waals surface area contributed by atoms with E-state index in [9.17, 15) is 4.79 Å². The van der Waals surface area contributed by atoms with Crippen molar-refractivity contribution in [3.63, 3.8) is 0 Å². The number of nitrogens with zero attached hydrogens (tertiary/aromatic N) is 1. The summed E-state index contributed by atoms with van der Waals surface area (Å²) in [5.74, 6) is 6.62.